The van der Waals surface area contributed by atoms with Crippen LogP contribution in [0.25, 0.3) is 0 Å². The number of likely N-dealkylation sites (tertiary alicyclic amines) is 1. The molecule has 2 fully saturated rings. The lowest BCUT2D eigenvalue weighted by Crippen LogP contribution is -2.36. The molecule has 0 aromatic heterocycles. The molecule has 0 bridgehead atoms. The Kier molecular flexibility index (Phi) is 7.18. The zero-order chi connectivity index (χ0) is 18.2. The molecule has 2 amide bonds. The Morgan fingerprint density at radius 3 is 2.58 bits per heavy atom. The summed E-state index contributed by atoms with van der Waals surface area (Å²) in [5.74, 6) is 0.870. The van der Waals surface area contributed by atoms with Gasteiger partial charge in [0.15, 0.2) is 0 Å². The molecule has 0 spiro atoms. The van der Waals surface area contributed by atoms with Crippen LogP contribution in [-0.4, -0.2) is 50.2 Å². The lowest BCUT2D eigenvalue weighted by Gasteiger charge is -2.30. The van der Waals surface area contributed by atoms with Crippen LogP contribution >= 0.6 is 0 Å². The van der Waals surface area contributed by atoms with Crippen LogP contribution in [0.2, 0.25) is 0 Å². The molecule has 5 nitrogen and oxygen atoms in total. The molecule has 0 saturated carbocycles. The van der Waals surface area contributed by atoms with Gasteiger partial charge in [0.05, 0.1) is 11.4 Å². The third-order valence-electron chi connectivity index (χ3n) is 5.66. The number of piperidine rings is 2. The lowest BCUT2D eigenvalue weighted by molar-refractivity contribution is 0.190. The molecular formula is C21H34N4O. The van der Waals surface area contributed by atoms with Crippen molar-refractivity contribution in [2.45, 2.75) is 45.4 Å². The topological polar surface area (TPSA) is 47.6 Å². The first-order chi connectivity index (χ1) is 12.7. The van der Waals surface area contributed by atoms with E-state index in [-0.39, 0.29) is 6.03 Å². The summed E-state index contributed by atoms with van der Waals surface area (Å²) in [5.41, 5.74) is 2.06. The largest absolute Gasteiger partial charge is 0.370 e. The van der Waals surface area contributed by atoms with Gasteiger partial charge in [-0.25, -0.2) is 4.79 Å². The molecule has 26 heavy (non-hydrogen) atoms. The molecular weight excluding hydrogens is 324 g/mol. The first-order valence-corrected chi connectivity index (χ1v) is 10.3. The van der Waals surface area contributed by atoms with Crippen molar-refractivity contribution in [3.8, 4) is 0 Å². The number of anilines is 2. The Bertz CT molecular complexity index is 563. The smallest absolute Gasteiger partial charge is 0.319 e. The van der Waals surface area contributed by atoms with Gasteiger partial charge in [0.1, 0.15) is 0 Å². The van der Waals surface area contributed by atoms with Gasteiger partial charge in [-0.2, -0.15) is 0 Å². The molecule has 3 rings (SSSR count). The number of hydrogen-bond acceptors (Lipinski definition) is 3. The number of para-hydroxylation sites is 2. The number of urea groups is 1. The van der Waals surface area contributed by atoms with Gasteiger partial charge >= 0.3 is 6.03 Å². The summed E-state index contributed by atoms with van der Waals surface area (Å²) in [6.45, 7) is 8.71. The summed E-state index contributed by atoms with van der Waals surface area (Å²) in [7, 11) is 0. The number of hydrogen-bond donors (Lipinski definition) is 2. The fourth-order valence-corrected chi connectivity index (χ4v) is 3.95. The number of nitrogens with one attached hydrogen (secondary N) is 2. The second-order valence-corrected chi connectivity index (χ2v) is 7.82. The van der Waals surface area contributed by atoms with Gasteiger partial charge in [-0.05, 0) is 76.2 Å². The van der Waals surface area contributed by atoms with E-state index in [0.717, 1.165) is 49.9 Å². The molecule has 144 valence electrons. The number of carbonyl (C=O) groups excluding carboxylic acids is 1. The van der Waals surface area contributed by atoms with E-state index >= 15 is 0 Å². The Morgan fingerprint density at radius 2 is 1.81 bits per heavy atom. The lowest BCUT2D eigenvalue weighted by atomic mass is 9.99. The van der Waals surface area contributed by atoms with Crippen LogP contribution < -0.4 is 15.5 Å². The van der Waals surface area contributed by atoms with E-state index in [1.165, 1.54) is 45.2 Å². The predicted octanol–water partition coefficient (Wildman–Crippen LogP) is 3.92. The standard InChI is InChI=1S/C21H34N4O/c1-18-10-16-24(17-11-18)13-7-12-22-21(26)23-19-8-3-4-9-20(19)25-14-5-2-6-15-25/h3-4,8-9,18H,2,5-7,10-17H2,1H3,(H2,22,23,26). The van der Waals surface area contributed by atoms with Crippen LogP contribution in [0.15, 0.2) is 24.3 Å². The number of nitrogens with zero attached hydrogens (tertiary/aromatic N) is 2. The predicted molar refractivity (Wildman–Crippen MR) is 109 cm³/mol. The van der Waals surface area contributed by atoms with E-state index in [0.29, 0.717) is 0 Å². The summed E-state index contributed by atoms with van der Waals surface area (Å²) in [6, 6.07) is 8.05. The second kappa shape index (κ2) is 9.81. The Hall–Kier alpha value is -1.75. The molecule has 0 atom stereocenters. The van der Waals surface area contributed by atoms with Crippen LogP contribution in [0.1, 0.15) is 45.4 Å². The first kappa shape index (κ1) is 19.0. The van der Waals surface area contributed by atoms with Crippen molar-refractivity contribution in [2.75, 3.05) is 49.5 Å². The van der Waals surface area contributed by atoms with Crippen LogP contribution in [0.4, 0.5) is 16.2 Å². The maximum Gasteiger partial charge on any atom is 0.319 e. The zero-order valence-corrected chi connectivity index (χ0v) is 16.2. The number of amides is 2. The van der Waals surface area contributed by atoms with Gasteiger partial charge < -0.3 is 20.4 Å². The Labute approximate surface area is 158 Å². The van der Waals surface area contributed by atoms with Crippen molar-refractivity contribution < 1.29 is 4.79 Å². The molecule has 0 aliphatic carbocycles. The second-order valence-electron chi connectivity index (χ2n) is 7.82. The molecule has 0 unspecified atom stereocenters. The molecule has 2 aliphatic heterocycles. The van der Waals surface area contributed by atoms with E-state index in [1.807, 2.05) is 18.2 Å². The molecule has 1 aromatic carbocycles. The third kappa shape index (κ3) is 5.63. The van der Waals surface area contributed by atoms with E-state index in [9.17, 15) is 4.79 Å². The van der Waals surface area contributed by atoms with Crippen molar-refractivity contribution in [3.05, 3.63) is 24.3 Å². The Balaban J connectivity index is 1.40. The minimum absolute atomic E-state index is 0.0956. The van der Waals surface area contributed by atoms with Crippen molar-refractivity contribution in [3.63, 3.8) is 0 Å². The van der Waals surface area contributed by atoms with E-state index in [1.54, 1.807) is 0 Å². The van der Waals surface area contributed by atoms with Gasteiger partial charge in [-0.3, -0.25) is 0 Å². The normalized spacial score (nSPS) is 19.3. The van der Waals surface area contributed by atoms with Crippen molar-refractivity contribution in [1.29, 1.82) is 0 Å². The minimum Gasteiger partial charge on any atom is -0.370 e. The highest BCUT2D eigenvalue weighted by Gasteiger charge is 2.16. The molecule has 2 saturated heterocycles. The highest BCUT2D eigenvalue weighted by atomic mass is 16.2. The van der Waals surface area contributed by atoms with Crippen LogP contribution in [-0.2, 0) is 0 Å². The average Bonchev–Trinajstić information content (AvgIpc) is 2.68. The fraction of sp³-hybridized carbons (Fsp3) is 0.667. The van der Waals surface area contributed by atoms with Crippen LogP contribution in [0.3, 0.4) is 0 Å². The fourth-order valence-electron chi connectivity index (χ4n) is 3.95. The van der Waals surface area contributed by atoms with Gasteiger partial charge in [0, 0.05) is 19.6 Å². The molecule has 0 radical (unpaired) electrons. The van der Waals surface area contributed by atoms with Crippen molar-refractivity contribution in [1.82, 2.24) is 10.2 Å². The summed E-state index contributed by atoms with van der Waals surface area (Å²) < 4.78 is 0. The maximum atomic E-state index is 12.3. The maximum absolute atomic E-state index is 12.3. The SMILES string of the molecule is CC1CCN(CCCNC(=O)Nc2ccccc2N2CCCCC2)CC1. The van der Waals surface area contributed by atoms with Gasteiger partial charge in [0.25, 0.3) is 0 Å². The summed E-state index contributed by atoms with van der Waals surface area (Å²) >= 11 is 0. The molecule has 2 heterocycles. The van der Waals surface area contributed by atoms with E-state index in [4.69, 9.17) is 0 Å². The van der Waals surface area contributed by atoms with Gasteiger partial charge in [-0.15, -0.1) is 0 Å². The molecule has 5 heteroatoms. The molecule has 1 aromatic rings. The third-order valence-corrected chi connectivity index (χ3v) is 5.66. The molecule has 2 N–H and O–H groups in total. The summed E-state index contributed by atoms with van der Waals surface area (Å²) in [4.78, 5) is 17.2. The van der Waals surface area contributed by atoms with Gasteiger partial charge in [-0.1, -0.05) is 19.1 Å². The van der Waals surface area contributed by atoms with E-state index < -0.39 is 0 Å². The van der Waals surface area contributed by atoms with Crippen molar-refractivity contribution >= 4 is 17.4 Å². The highest BCUT2D eigenvalue weighted by Crippen LogP contribution is 2.28. The quantitative estimate of drug-likeness (QED) is 0.758. The van der Waals surface area contributed by atoms with E-state index in [2.05, 4.69) is 33.4 Å². The average molecular weight is 359 g/mol. The number of rotatable bonds is 6. The summed E-state index contributed by atoms with van der Waals surface area (Å²) in [5, 5.41) is 6.06. The van der Waals surface area contributed by atoms with Gasteiger partial charge in [0.2, 0.25) is 0 Å². The van der Waals surface area contributed by atoms with Crippen LogP contribution in [0, 0.1) is 5.92 Å². The number of benzene rings is 1. The van der Waals surface area contributed by atoms with Crippen LogP contribution in [0.5, 0.6) is 0 Å². The first-order valence-electron chi connectivity index (χ1n) is 10.3. The Morgan fingerprint density at radius 1 is 1.08 bits per heavy atom. The minimum atomic E-state index is -0.0956. The monoisotopic (exact) mass is 358 g/mol. The molecule has 2 aliphatic rings. The summed E-state index contributed by atoms with van der Waals surface area (Å²) in [6.07, 6.45) is 7.39. The highest BCUT2D eigenvalue weighted by molar-refractivity contribution is 5.93. The van der Waals surface area contributed by atoms with Crippen molar-refractivity contribution in [2.24, 2.45) is 5.92 Å². The zero-order valence-electron chi connectivity index (χ0n) is 16.2. The number of carbonyl (C=O) groups is 1.